The molecule has 1 atom stereocenters. The van der Waals surface area contributed by atoms with Crippen LogP contribution in [0.1, 0.15) is 15.9 Å². The van der Waals surface area contributed by atoms with Crippen LogP contribution in [0.4, 0.5) is 5.69 Å². The summed E-state index contributed by atoms with van der Waals surface area (Å²) in [6.45, 7) is 0. The predicted molar refractivity (Wildman–Crippen MR) is 118 cm³/mol. The molecular weight excluding hydrogens is 434 g/mol. The Hall–Kier alpha value is -4.31. The third-order valence-corrected chi connectivity index (χ3v) is 5.25. The van der Waals surface area contributed by atoms with E-state index in [0.29, 0.717) is 11.1 Å². The van der Waals surface area contributed by atoms with E-state index in [9.17, 15) is 29.0 Å². The number of nitrogens with one attached hydrogen (secondary N) is 2. The fourth-order valence-corrected chi connectivity index (χ4v) is 3.35. The maximum atomic E-state index is 12.8. The monoisotopic (exact) mass is 451 g/mol. The van der Waals surface area contributed by atoms with Gasteiger partial charge in [-0.1, -0.05) is 30.3 Å². The summed E-state index contributed by atoms with van der Waals surface area (Å²) in [5, 5.41) is 22.7. The highest BCUT2D eigenvalue weighted by Crippen LogP contribution is 2.15. The summed E-state index contributed by atoms with van der Waals surface area (Å²) >= 11 is 0. The zero-order chi connectivity index (χ0) is 23.1. The first-order valence-corrected chi connectivity index (χ1v) is 10.3. The number of hydrogen-bond acceptors (Lipinski definition) is 6. The lowest BCUT2D eigenvalue weighted by atomic mass is 10.1. The minimum Gasteiger partial charge on any atom is -0.508 e. The van der Waals surface area contributed by atoms with Crippen molar-refractivity contribution in [3.63, 3.8) is 0 Å². The lowest BCUT2D eigenvalue weighted by Gasteiger charge is -2.11. The summed E-state index contributed by atoms with van der Waals surface area (Å²) < 4.78 is 14.8. The Morgan fingerprint density at radius 3 is 2.16 bits per heavy atom. The second kappa shape index (κ2) is 10.1. The zero-order valence-corrected chi connectivity index (χ0v) is 17.2. The normalized spacial score (nSPS) is 11.9. The van der Waals surface area contributed by atoms with E-state index in [1.165, 1.54) is 54.6 Å². The number of phenolic OH excluding ortho intramolecular Hbond substituents is 1. The molecule has 162 valence electrons. The lowest BCUT2D eigenvalue weighted by molar-refractivity contribution is -0.384. The first-order valence-electron chi connectivity index (χ1n) is 9.18. The van der Waals surface area contributed by atoms with Crippen LogP contribution in [0.2, 0.25) is 0 Å². The molecular formula is C22H17N3O6S. The predicted octanol–water partition coefficient (Wildman–Crippen LogP) is 2.91. The van der Waals surface area contributed by atoms with Gasteiger partial charge >= 0.3 is 0 Å². The molecule has 0 bridgehead atoms. The number of nitro groups is 1. The first kappa shape index (κ1) is 22.4. The van der Waals surface area contributed by atoms with Crippen molar-refractivity contribution in [2.45, 2.75) is 4.90 Å². The molecule has 0 saturated heterocycles. The van der Waals surface area contributed by atoms with Crippen molar-refractivity contribution in [2.75, 3.05) is 0 Å². The summed E-state index contributed by atoms with van der Waals surface area (Å²) in [7, 11) is -2.03. The van der Waals surface area contributed by atoms with Crippen molar-refractivity contribution < 1.29 is 23.8 Å². The standard InChI is InChI=1S/C22H17N3O6S/c26-18-10-6-15(7-11-18)14-20(23-21(27)16-4-2-1-3-5-16)22(28)24-32(31)19-12-8-17(9-13-19)25(29)30/h1-14,26H,(H,23,27)(H,24,28)/b20-14-. The van der Waals surface area contributed by atoms with Crippen molar-refractivity contribution in [3.05, 3.63) is 106 Å². The van der Waals surface area contributed by atoms with Crippen LogP contribution in [0.3, 0.4) is 0 Å². The first-order chi connectivity index (χ1) is 15.3. The third kappa shape index (κ3) is 5.86. The molecule has 3 N–H and O–H groups in total. The average Bonchev–Trinajstić information content (AvgIpc) is 2.80. The van der Waals surface area contributed by atoms with Gasteiger partial charge < -0.3 is 10.4 Å². The molecule has 1 unspecified atom stereocenters. The molecule has 0 heterocycles. The van der Waals surface area contributed by atoms with E-state index >= 15 is 0 Å². The van der Waals surface area contributed by atoms with Gasteiger partial charge in [-0.3, -0.25) is 24.4 Å². The van der Waals surface area contributed by atoms with E-state index in [-0.39, 0.29) is 22.0 Å². The molecule has 0 aliphatic heterocycles. The number of nitro benzene ring substituents is 1. The summed E-state index contributed by atoms with van der Waals surface area (Å²) in [5.41, 5.74) is 0.454. The van der Waals surface area contributed by atoms with Gasteiger partial charge in [-0.2, -0.15) is 0 Å². The summed E-state index contributed by atoms with van der Waals surface area (Å²) in [6.07, 6.45) is 1.36. The number of amides is 2. The van der Waals surface area contributed by atoms with Crippen LogP contribution in [-0.2, 0) is 15.8 Å². The maximum Gasteiger partial charge on any atom is 0.279 e. The zero-order valence-electron chi connectivity index (χ0n) is 16.4. The second-order valence-electron chi connectivity index (χ2n) is 6.42. The molecule has 32 heavy (non-hydrogen) atoms. The maximum absolute atomic E-state index is 12.8. The molecule has 3 aromatic rings. The smallest absolute Gasteiger partial charge is 0.279 e. The molecule has 0 spiro atoms. The highest BCUT2D eigenvalue weighted by atomic mass is 32.2. The second-order valence-corrected chi connectivity index (χ2v) is 7.63. The molecule has 0 aliphatic rings. The van der Waals surface area contributed by atoms with Gasteiger partial charge in [-0.15, -0.1) is 0 Å². The van der Waals surface area contributed by atoms with Gasteiger partial charge in [0.1, 0.15) is 11.4 Å². The van der Waals surface area contributed by atoms with Gasteiger partial charge in [-0.05, 0) is 48.0 Å². The number of benzene rings is 3. The third-order valence-electron chi connectivity index (χ3n) is 4.18. The average molecular weight is 451 g/mol. The molecule has 3 rings (SSSR count). The van der Waals surface area contributed by atoms with Crippen LogP contribution in [0.5, 0.6) is 5.75 Å². The quantitative estimate of drug-likeness (QED) is 0.287. The topological polar surface area (TPSA) is 139 Å². The summed E-state index contributed by atoms with van der Waals surface area (Å²) in [6, 6.07) is 19.0. The Labute approximate surface area is 185 Å². The SMILES string of the molecule is O=C(NS(=O)c1ccc([N+](=O)[O-])cc1)/C(=C/c1ccc(O)cc1)NC(=O)c1ccccc1. The van der Waals surface area contributed by atoms with Gasteiger partial charge in [0.25, 0.3) is 17.5 Å². The number of rotatable bonds is 7. The van der Waals surface area contributed by atoms with Crippen molar-refractivity contribution in [2.24, 2.45) is 0 Å². The molecule has 10 heteroatoms. The van der Waals surface area contributed by atoms with E-state index in [2.05, 4.69) is 10.0 Å². The highest BCUT2D eigenvalue weighted by Gasteiger charge is 2.18. The number of aromatic hydroxyl groups is 1. The molecule has 0 aliphatic carbocycles. The number of non-ortho nitro benzene ring substituents is 1. The summed E-state index contributed by atoms with van der Waals surface area (Å²) in [4.78, 5) is 35.7. The van der Waals surface area contributed by atoms with Gasteiger partial charge in [-0.25, -0.2) is 4.21 Å². The number of carbonyl (C=O) groups excluding carboxylic acids is 2. The Kier molecular flexibility index (Phi) is 7.09. The Bertz CT molecular complexity index is 1190. The Morgan fingerprint density at radius 1 is 0.938 bits per heavy atom. The van der Waals surface area contributed by atoms with E-state index in [0.717, 1.165) is 0 Å². The fraction of sp³-hybridized carbons (Fsp3) is 0. The number of hydrogen-bond donors (Lipinski definition) is 3. The fourth-order valence-electron chi connectivity index (χ4n) is 2.57. The minimum atomic E-state index is -2.03. The highest BCUT2D eigenvalue weighted by molar-refractivity contribution is 7.83. The van der Waals surface area contributed by atoms with Crippen LogP contribution in [0.15, 0.2) is 89.5 Å². The van der Waals surface area contributed by atoms with E-state index in [1.807, 2.05) is 0 Å². The molecule has 0 saturated carbocycles. The van der Waals surface area contributed by atoms with E-state index in [1.54, 1.807) is 30.3 Å². The number of carbonyl (C=O) groups is 2. The van der Waals surface area contributed by atoms with Crippen molar-refractivity contribution in [1.82, 2.24) is 10.0 Å². The van der Waals surface area contributed by atoms with Gasteiger partial charge in [0, 0.05) is 17.7 Å². The van der Waals surface area contributed by atoms with Crippen LogP contribution >= 0.6 is 0 Å². The van der Waals surface area contributed by atoms with Crippen LogP contribution in [0, 0.1) is 10.1 Å². The minimum absolute atomic E-state index is 0.0285. The number of nitrogens with zero attached hydrogens (tertiary/aromatic N) is 1. The van der Waals surface area contributed by atoms with Crippen molar-refractivity contribution in [1.29, 1.82) is 0 Å². The van der Waals surface area contributed by atoms with Crippen molar-refractivity contribution >= 4 is 34.6 Å². The molecule has 2 amide bonds. The molecule has 0 fully saturated rings. The Morgan fingerprint density at radius 2 is 1.56 bits per heavy atom. The molecule has 0 radical (unpaired) electrons. The van der Waals surface area contributed by atoms with E-state index < -0.39 is 27.7 Å². The van der Waals surface area contributed by atoms with Crippen molar-refractivity contribution in [3.8, 4) is 5.75 Å². The van der Waals surface area contributed by atoms with Crippen LogP contribution < -0.4 is 10.0 Å². The van der Waals surface area contributed by atoms with Gasteiger partial charge in [0.05, 0.1) is 9.82 Å². The van der Waals surface area contributed by atoms with Crippen LogP contribution in [0.25, 0.3) is 6.08 Å². The van der Waals surface area contributed by atoms with Gasteiger partial charge in [0.2, 0.25) is 0 Å². The summed E-state index contributed by atoms with van der Waals surface area (Å²) in [5.74, 6) is -1.35. The Balaban J connectivity index is 1.83. The largest absolute Gasteiger partial charge is 0.508 e. The number of phenols is 1. The molecule has 3 aromatic carbocycles. The van der Waals surface area contributed by atoms with Gasteiger partial charge in [0.15, 0.2) is 11.0 Å². The van der Waals surface area contributed by atoms with E-state index in [4.69, 9.17) is 0 Å². The molecule has 0 aromatic heterocycles. The van der Waals surface area contributed by atoms with Crippen LogP contribution in [-0.4, -0.2) is 26.1 Å². The lowest BCUT2D eigenvalue weighted by Crippen LogP contribution is -2.35. The molecule has 9 nitrogen and oxygen atoms in total.